The van der Waals surface area contributed by atoms with Gasteiger partial charge in [-0.25, -0.2) is 0 Å². The molecule has 1 N–H and O–H groups in total. The van der Waals surface area contributed by atoms with Crippen molar-refractivity contribution in [2.24, 2.45) is 5.92 Å². The van der Waals surface area contributed by atoms with E-state index in [1.54, 1.807) is 7.11 Å². The second-order valence-electron chi connectivity index (χ2n) is 4.10. The highest BCUT2D eigenvalue weighted by atomic mass is 32.2. The number of hydrogen-bond donors (Lipinski definition) is 1. The number of ether oxygens (including phenoxy) is 1. The highest BCUT2D eigenvalue weighted by Gasteiger charge is 2.15. The molecule has 0 aliphatic heterocycles. The molecule has 0 bridgehead atoms. The van der Waals surface area contributed by atoms with Crippen LogP contribution in [0.15, 0.2) is 0 Å². The lowest BCUT2D eigenvalue weighted by atomic mass is 9.96. The molecule has 0 aromatic heterocycles. The zero-order chi connectivity index (χ0) is 11.5. The van der Waals surface area contributed by atoms with E-state index in [0.29, 0.717) is 12.0 Å². The summed E-state index contributed by atoms with van der Waals surface area (Å²) in [6.45, 7) is 6.56. The third-order valence-corrected chi connectivity index (χ3v) is 3.40. The monoisotopic (exact) mass is 233 g/mol. The molecule has 0 saturated heterocycles. The van der Waals surface area contributed by atoms with E-state index in [0.717, 1.165) is 19.6 Å². The second-order valence-corrected chi connectivity index (χ2v) is 5.09. The maximum absolute atomic E-state index is 5.14. The molecule has 0 saturated carbocycles. The Morgan fingerprint density at radius 3 is 2.60 bits per heavy atom. The highest BCUT2D eigenvalue weighted by molar-refractivity contribution is 7.98. The number of hydrogen-bond acceptors (Lipinski definition) is 3. The van der Waals surface area contributed by atoms with Gasteiger partial charge in [0.2, 0.25) is 0 Å². The minimum atomic E-state index is 0.660. The van der Waals surface area contributed by atoms with Crippen LogP contribution in [0.5, 0.6) is 0 Å². The van der Waals surface area contributed by atoms with Crippen LogP contribution in [0.4, 0.5) is 0 Å². The first-order chi connectivity index (χ1) is 7.26. The fourth-order valence-corrected chi connectivity index (χ4v) is 2.16. The number of rotatable bonds is 10. The second kappa shape index (κ2) is 10.8. The van der Waals surface area contributed by atoms with Crippen molar-refractivity contribution in [2.45, 2.75) is 39.2 Å². The van der Waals surface area contributed by atoms with Crippen LogP contribution in [0.3, 0.4) is 0 Å². The summed E-state index contributed by atoms with van der Waals surface area (Å²) >= 11 is 1.93. The van der Waals surface area contributed by atoms with Gasteiger partial charge in [-0.1, -0.05) is 13.8 Å². The normalized spacial score (nSPS) is 15.2. The van der Waals surface area contributed by atoms with Crippen molar-refractivity contribution in [3.8, 4) is 0 Å². The maximum Gasteiger partial charge on any atom is 0.0465 e. The van der Waals surface area contributed by atoms with Gasteiger partial charge >= 0.3 is 0 Å². The van der Waals surface area contributed by atoms with Crippen LogP contribution in [0.1, 0.15) is 33.1 Å². The van der Waals surface area contributed by atoms with Gasteiger partial charge in [-0.05, 0) is 43.7 Å². The van der Waals surface area contributed by atoms with E-state index in [4.69, 9.17) is 4.74 Å². The van der Waals surface area contributed by atoms with Gasteiger partial charge < -0.3 is 10.1 Å². The molecule has 2 unspecified atom stereocenters. The molecule has 0 rings (SSSR count). The Kier molecular flexibility index (Phi) is 11.0. The van der Waals surface area contributed by atoms with Crippen molar-refractivity contribution >= 4 is 11.8 Å². The topological polar surface area (TPSA) is 21.3 Å². The molecule has 0 aromatic carbocycles. The van der Waals surface area contributed by atoms with E-state index in [2.05, 4.69) is 25.4 Å². The first-order valence-electron chi connectivity index (χ1n) is 5.97. The summed E-state index contributed by atoms with van der Waals surface area (Å²) in [4.78, 5) is 0. The van der Waals surface area contributed by atoms with Crippen molar-refractivity contribution in [1.82, 2.24) is 5.32 Å². The van der Waals surface area contributed by atoms with Crippen molar-refractivity contribution in [2.75, 3.05) is 32.3 Å². The van der Waals surface area contributed by atoms with Gasteiger partial charge in [0, 0.05) is 19.8 Å². The van der Waals surface area contributed by atoms with Crippen molar-refractivity contribution < 1.29 is 4.74 Å². The average Bonchev–Trinajstić information content (AvgIpc) is 2.26. The molecule has 0 heterocycles. The lowest BCUT2D eigenvalue weighted by Crippen LogP contribution is -2.36. The van der Waals surface area contributed by atoms with E-state index in [1.807, 2.05) is 11.8 Å². The summed E-state index contributed by atoms with van der Waals surface area (Å²) < 4.78 is 5.14. The Labute approximate surface area is 99.5 Å². The first kappa shape index (κ1) is 15.3. The predicted molar refractivity (Wildman–Crippen MR) is 70.7 cm³/mol. The molecular weight excluding hydrogens is 206 g/mol. The lowest BCUT2D eigenvalue weighted by Gasteiger charge is -2.24. The van der Waals surface area contributed by atoms with Crippen LogP contribution < -0.4 is 5.32 Å². The molecule has 0 aliphatic rings. The Morgan fingerprint density at radius 1 is 1.33 bits per heavy atom. The fraction of sp³-hybridized carbons (Fsp3) is 1.00. The zero-order valence-corrected chi connectivity index (χ0v) is 11.5. The van der Waals surface area contributed by atoms with E-state index >= 15 is 0 Å². The Morgan fingerprint density at radius 2 is 2.07 bits per heavy atom. The molecule has 0 radical (unpaired) electrons. The molecule has 0 aromatic rings. The summed E-state index contributed by atoms with van der Waals surface area (Å²) in [5.74, 6) is 1.96. The Bertz CT molecular complexity index is 125. The summed E-state index contributed by atoms with van der Waals surface area (Å²) in [5, 5.41) is 3.64. The molecule has 0 aliphatic carbocycles. The molecule has 0 amide bonds. The van der Waals surface area contributed by atoms with E-state index in [-0.39, 0.29) is 0 Å². The highest BCUT2D eigenvalue weighted by Crippen LogP contribution is 2.14. The average molecular weight is 233 g/mol. The SMILES string of the molecule is CCCNC(CCSC)C(C)CCOC. The van der Waals surface area contributed by atoms with Gasteiger partial charge in [-0.3, -0.25) is 0 Å². The molecule has 0 fully saturated rings. The molecule has 92 valence electrons. The minimum absolute atomic E-state index is 0.660. The summed E-state index contributed by atoms with van der Waals surface area (Å²) in [6.07, 6.45) is 5.82. The van der Waals surface area contributed by atoms with Crippen molar-refractivity contribution in [3.05, 3.63) is 0 Å². The molecule has 2 atom stereocenters. The number of thioether (sulfide) groups is 1. The largest absolute Gasteiger partial charge is 0.385 e. The molecule has 15 heavy (non-hydrogen) atoms. The summed E-state index contributed by atoms with van der Waals surface area (Å²) in [5.41, 5.74) is 0. The van der Waals surface area contributed by atoms with E-state index in [9.17, 15) is 0 Å². The van der Waals surface area contributed by atoms with E-state index in [1.165, 1.54) is 18.6 Å². The first-order valence-corrected chi connectivity index (χ1v) is 7.36. The van der Waals surface area contributed by atoms with Crippen LogP contribution >= 0.6 is 11.8 Å². The van der Waals surface area contributed by atoms with Gasteiger partial charge in [0.15, 0.2) is 0 Å². The molecule has 3 heteroatoms. The van der Waals surface area contributed by atoms with Crippen LogP contribution in [0, 0.1) is 5.92 Å². The van der Waals surface area contributed by atoms with Gasteiger partial charge in [-0.2, -0.15) is 11.8 Å². The Balaban J connectivity index is 3.84. The number of nitrogens with one attached hydrogen (secondary N) is 1. The van der Waals surface area contributed by atoms with Gasteiger partial charge in [0.05, 0.1) is 0 Å². The van der Waals surface area contributed by atoms with Crippen LogP contribution in [-0.4, -0.2) is 38.3 Å². The van der Waals surface area contributed by atoms with Crippen molar-refractivity contribution in [3.63, 3.8) is 0 Å². The van der Waals surface area contributed by atoms with E-state index < -0.39 is 0 Å². The smallest absolute Gasteiger partial charge is 0.0465 e. The quantitative estimate of drug-likeness (QED) is 0.627. The zero-order valence-electron chi connectivity index (χ0n) is 10.7. The van der Waals surface area contributed by atoms with Crippen LogP contribution in [-0.2, 0) is 4.74 Å². The molecule has 2 nitrogen and oxygen atoms in total. The van der Waals surface area contributed by atoms with Gasteiger partial charge in [0.25, 0.3) is 0 Å². The fourth-order valence-electron chi connectivity index (χ4n) is 1.67. The standard InChI is InChI=1S/C12H27NOS/c1-5-8-13-12(7-10-15-4)11(2)6-9-14-3/h11-13H,5-10H2,1-4H3. The lowest BCUT2D eigenvalue weighted by molar-refractivity contribution is 0.169. The summed E-state index contributed by atoms with van der Waals surface area (Å²) in [7, 11) is 1.78. The van der Waals surface area contributed by atoms with Gasteiger partial charge in [-0.15, -0.1) is 0 Å². The molecular formula is C12H27NOS. The minimum Gasteiger partial charge on any atom is -0.385 e. The number of methoxy groups -OCH3 is 1. The summed E-state index contributed by atoms with van der Waals surface area (Å²) in [6, 6.07) is 0.660. The van der Waals surface area contributed by atoms with Crippen LogP contribution in [0.2, 0.25) is 0 Å². The Hall–Kier alpha value is 0.270. The third-order valence-electron chi connectivity index (χ3n) is 2.75. The van der Waals surface area contributed by atoms with Gasteiger partial charge in [0.1, 0.15) is 0 Å². The third kappa shape index (κ3) is 8.12. The molecule has 0 spiro atoms. The predicted octanol–water partition coefficient (Wildman–Crippen LogP) is 2.78. The maximum atomic E-state index is 5.14. The van der Waals surface area contributed by atoms with Crippen molar-refractivity contribution in [1.29, 1.82) is 0 Å². The van der Waals surface area contributed by atoms with Crippen LogP contribution in [0.25, 0.3) is 0 Å².